The molecule has 0 saturated carbocycles. The molecule has 0 aliphatic rings. The number of hydrogen-bond acceptors (Lipinski definition) is 2. The van der Waals surface area contributed by atoms with Gasteiger partial charge in [-0.3, -0.25) is 0 Å². The highest BCUT2D eigenvalue weighted by atomic mass is 16.3. The molecule has 0 fully saturated rings. The second-order valence-corrected chi connectivity index (χ2v) is 17.2. The van der Waals surface area contributed by atoms with Crippen LogP contribution in [-0.2, 0) is 0 Å². The van der Waals surface area contributed by atoms with Crippen LogP contribution in [0.2, 0.25) is 0 Å². The lowest BCUT2D eigenvalue weighted by molar-refractivity contribution is 0.669. The standard InChI is InChI=1S/C64H41NO/c1-3-15-45(16-4-1)62-57-22-10-9-20-54(57)55-39-33-48(41-59(55)63(62)46-17-5-2-6-18-46)43-30-36-51(37-31-43)65(60-24-13-23-58-56-21-11-12-25-61(56)66-64(58)60)50-34-28-42(29-35-50)47-32-38-53-49(40-47)27-26-44-14-7-8-19-52(44)53/h1-41H. The van der Waals surface area contributed by atoms with Gasteiger partial charge in [-0.05, 0) is 136 Å². The van der Waals surface area contributed by atoms with Crippen molar-refractivity contribution in [1.29, 1.82) is 0 Å². The minimum Gasteiger partial charge on any atom is -0.454 e. The molecular formula is C64H41NO. The zero-order valence-electron chi connectivity index (χ0n) is 36.0. The van der Waals surface area contributed by atoms with E-state index in [1.54, 1.807) is 0 Å². The van der Waals surface area contributed by atoms with E-state index in [0.29, 0.717) is 0 Å². The maximum absolute atomic E-state index is 6.68. The summed E-state index contributed by atoms with van der Waals surface area (Å²) in [5.74, 6) is 0. The van der Waals surface area contributed by atoms with Crippen molar-refractivity contribution in [3.63, 3.8) is 0 Å². The molecule has 0 aliphatic heterocycles. The van der Waals surface area contributed by atoms with Crippen LogP contribution in [0.4, 0.5) is 17.1 Å². The van der Waals surface area contributed by atoms with Gasteiger partial charge in [0.25, 0.3) is 0 Å². The molecule has 0 spiro atoms. The van der Waals surface area contributed by atoms with Gasteiger partial charge in [-0.1, -0.05) is 200 Å². The number of rotatable bonds is 7. The summed E-state index contributed by atoms with van der Waals surface area (Å²) in [5.41, 5.74) is 14.4. The summed E-state index contributed by atoms with van der Waals surface area (Å²) >= 11 is 0. The summed E-state index contributed by atoms with van der Waals surface area (Å²) in [4.78, 5) is 2.33. The van der Waals surface area contributed by atoms with E-state index in [0.717, 1.165) is 44.6 Å². The van der Waals surface area contributed by atoms with Crippen molar-refractivity contribution in [3.05, 3.63) is 249 Å². The van der Waals surface area contributed by atoms with Crippen LogP contribution in [0.15, 0.2) is 253 Å². The van der Waals surface area contributed by atoms with Crippen LogP contribution in [0.1, 0.15) is 0 Å². The molecule has 0 saturated heterocycles. The number of nitrogens with zero attached hydrogens (tertiary/aromatic N) is 1. The van der Waals surface area contributed by atoms with Crippen LogP contribution in [0, 0.1) is 0 Å². The summed E-state index contributed by atoms with van der Waals surface area (Å²) in [5, 5.41) is 12.2. The third-order valence-electron chi connectivity index (χ3n) is 13.4. The van der Waals surface area contributed by atoms with Crippen molar-refractivity contribution in [1.82, 2.24) is 0 Å². The molecule has 308 valence electrons. The van der Waals surface area contributed by atoms with Gasteiger partial charge in [0.1, 0.15) is 5.58 Å². The molecule has 12 aromatic carbocycles. The molecule has 0 amide bonds. The Kier molecular flexibility index (Phi) is 8.89. The second kappa shape index (κ2) is 15.5. The zero-order valence-corrected chi connectivity index (χ0v) is 36.0. The molecule has 0 bridgehead atoms. The molecule has 2 heteroatoms. The van der Waals surface area contributed by atoms with Crippen LogP contribution in [-0.4, -0.2) is 0 Å². The Morgan fingerprint density at radius 3 is 1.44 bits per heavy atom. The lowest BCUT2D eigenvalue weighted by Crippen LogP contribution is -2.10. The normalized spacial score (nSPS) is 11.6. The van der Waals surface area contributed by atoms with E-state index < -0.39 is 0 Å². The van der Waals surface area contributed by atoms with Gasteiger partial charge in [-0.2, -0.15) is 0 Å². The summed E-state index contributed by atoms with van der Waals surface area (Å²) in [6.45, 7) is 0. The van der Waals surface area contributed by atoms with E-state index in [1.807, 2.05) is 6.07 Å². The lowest BCUT2D eigenvalue weighted by Gasteiger charge is -2.26. The molecule has 1 heterocycles. The van der Waals surface area contributed by atoms with Gasteiger partial charge >= 0.3 is 0 Å². The monoisotopic (exact) mass is 839 g/mol. The minimum atomic E-state index is 0.859. The third-order valence-corrected chi connectivity index (χ3v) is 13.4. The summed E-state index contributed by atoms with van der Waals surface area (Å²) in [7, 11) is 0. The molecule has 0 N–H and O–H groups in total. The number of para-hydroxylation sites is 2. The molecule has 0 radical (unpaired) electrons. The number of benzene rings is 12. The SMILES string of the molecule is c1ccc(-c2c(-c3ccccc3)c3cc(-c4ccc(N(c5ccc(-c6ccc7c(ccc8ccccc87)c6)cc5)c5cccc6c5oc5ccccc56)cc4)ccc3c3ccccc23)cc1. The average molecular weight is 840 g/mol. The van der Waals surface area contributed by atoms with Gasteiger partial charge in [-0.15, -0.1) is 0 Å². The number of anilines is 3. The minimum absolute atomic E-state index is 0.859. The Bertz CT molecular complexity index is 3960. The Hall–Kier alpha value is -8.72. The molecule has 0 atom stereocenters. The van der Waals surface area contributed by atoms with Crippen LogP contribution in [0.25, 0.3) is 110 Å². The van der Waals surface area contributed by atoms with E-state index in [4.69, 9.17) is 4.42 Å². The van der Waals surface area contributed by atoms with E-state index in [1.165, 1.54) is 82.0 Å². The first-order valence-electron chi connectivity index (χ1n) is 22.7. The Morgan fingerprint density at radius 2 is 0.742 bits per heavy atom. The summed E-state index contributed by atoms with van der Waals surface area (Å²) in [6.07, 6.45) is 0. The van der Waals surface area contributed by atoms with E-state index >= 15 is 0 Å². The highest BCUT2D eigenvalue weighted by Gasteiger charge is 2.21. The van der Waals surface area contributed by atoms with Crippen LogP contribution < -0.4 is 4.90 Å². The Morgan fingerprint density at radius 1 is 0.258 bits per heavy atom. The largest absolute Gasteiger partial charge is 0.454 e. The smallest absolute Gasteiger partial charge is 0.159 e. The van der Waals surface area contributed by atoms with Gasteiger partial charge in [0, 0.05) is 22.1 Å². The molecule has 1 aromatic heterocycles. The fourth-order valence-corrected chi connectivity index (χ4v) is 10.3. The molecular weight excluding hydrogens is 799 g/mol. The Balaban J connectivity index is 0.942. The van der Waals surface area contributed by atoms with Crippen molar-refractivity contribution in [2.45, 2.75) is 0 Å². The van der Waals surface area contributed by atoms with Crippen molar-refractivity contribution in [3.8, 4) is 44.5 Å². The molecule has 2 nitrogen and oxygen atoms in total. The van der Waals surface area contributed by atoms with Gasteiger partial charge in [0.05, 0.1) is 5.69 Å². The van der Waals surface area contributed by atoms with Gasteiger partial charge in [0.2, 0.25) is 0 Å². The molecule has 66 heavy (non-hydrogen) atoms. The first kappa shape index (κ1) is 37.8. The third kappa shape index (κ3) is 6.26. The fourth-order valence-electron chi connectivity index (χ4n) is 10.3. The summed E-state index contributed by atoms with van der Waals surface area (Å²) in [6, 6.07) is 90.2. The van der Waals surface area contributed by atoms with Gasteiger partial charge in [-0.25, -0.2) is 0 Å². The highest BCUT2D eigenvalue weighted by Crippen LogP contribution is 2.47. The number of fused-ring (bicyclic) bond motifs is 9. The predicted molar refractivity (Wildman–Crippen MR) is 280 cm³/mol. The van der Waals surface area contributed by atoms with E-state index in [2.05, 4.69) is 248 Å². The predicted octanol–water partition coefficient (Wildman–Crippen LogP) is 18.3. The maximum atomic E-state index is 6.68. The van der Waals surface area contributed by atoms with Crippen LogP contribution >= 0.6 is 0 Å². The number of hydrogen-bond donors (Lipinski definition) is 0. The first-order chi connectivity index (χ1) is 32.7. The number of furan rings is 1. The maximum Gasteiger partial charge on any atom is 0.159 e. The quantitative estimate of drug-likeness (QED) is 0.149. The van der Waals surface area contributed by atoms with Crippen molar-refractivity contribution in [2.24, 2.45) is 0 Å². The zero-order chi connectivity index (χ0) is 43.6. The average Bonchev–Trinajstić information content (AvgIpc) is 3.78. The van der Waals surface area contributed by atoms with Gasteiger partial charge in [0.15, 0.2) is 5.58 Å². The molecule has 13 aromatic rings. The summed E-state index contributed by atoms with van der Waals surface area (Å²) < 4.78 is 6.68. The van der Waals surface area contributed by atoms with Crippen LogP contribution in [0.3, 0.4) is 0 Å². The molecule has 13 rings (SSSR count). The van der Waals surface area contributed by atoms with E-state index in [-0.39, 0.29) is 0 Å². The molecule has 0 aliphatic carbocycles. The lowest BCUT2D eigenvalue weighted by atomic mass is 9.84. The first-order valence-corrected chi connectivity index (χ1v) is 22.7. The topological polar surface area (TPSA) is 16.4 Å². The highest BCUT2D eigenvalue weighted by molar-refractivity contribution is 6.22. The second-order valence-electron chi connectivity index (χ2n) is 17.2. The van der Waals surface area contributed by atoms with Crippen molar-refractivity contribution in [2.75, 3.05) is 4.90 Å². The Labute approximate surface area is 382 Å². The fraction of sp³-hybridized carbons (Fsp3) is 0. The van der Waals surface area contributed by atoms with Gasteiger partial charge < -0.3 is 9.32 Å². The van der Waals surface area contributed by atoms with Crippen molar-refractivity contribution < 1.29 is 4.42 Å². The molecule has 0 unspecified atom stereocenters. The van der Waals surface area contributed by atoms with Crippen molar-refractivity contribution >= 4 is 82.1 Å². The van der Waals surface area contributed by atoms with E-state index in [9.17, 15) is 0 Å². The van der Waals surface area contributed by atoms with Crippen LogP contribution in [0.5, 0.6) is 0 Å².